The monoisotopic (exact) mass is 478 g/mol. The predicted molar refractivity (Wildman–Crippen MR) is 130 cm³/mol. The van der Waals surface area contributed by atoms with Crippen molar-refractivity contribution < 1.29 is 9.18 Å². The van der Waals surface area contributed by atoms with Crippen LogP contribution in [0.1, 0.15) is 0 Å². The summed E-state index contributed by atoms with van der Waals surface area (Å²) in [6.07, 6.45) is 0. The minimum atomic E-state index is -0.443. The summed E-state index contributed by atoms with van der Waals surface area (Å²) in [5.74, 6) is -0.824. The summed E-state index contributed by atoms with van der Waals surface area (Å²) in [6, 6.07) is 20.0. The molecule has 164 valence electrons. The molecule has 5 rings (SSSR count). The van der Waals surface area contributed by atoms with Crippen molar-refractivity contribution in [1.82, 2.24) is 14.5 Å². The number of nitrogens with one attached hydrogen (secondary N) is 2. The van der Waals surface area contributed by atoms with Gasteiger partial charge in [-0.2, -0.15) is 0 Å². The number of fused-ring (bicyclic) bond motifs is 3. The molecule has 0 spiro atoms. The zero-order chi connectivity index (χ0) is 22.9. The highest BCUT2D eigenvalue weighted by molar-refractivity contribution is 7.99. The van der Waals surface area contributed by atoms with E-state index in [1.807, 2.05) is 24.3 Å². The first-order chi connectivity index (χ1) is 16.0. The van der Waals surface area contributed by atoms with Crippen LogP contribution in [0.25, 0.3) is 27.6 Å². The van der Waals surface area contributed by atoms with Crippen molar-refractivity contribution >= 4 is 56.9 Å². The number of carbonyl (C=O) groups excluding carboxylic acids is 1. The number of anilines is 1. The van der Waals surface area contributed by atoms with Gasteiger partial charge in [0.15, 0.2) is 5.16 Å². The van der Waals surface area contributed by atoms with Crippen molar-refractivity contribution in [3.05, 3.63) is 94.0 Å². The highest BCUT2D eigenvalue weighted by Gasteiger charge is 2.18. The summed E-state index contributed by atoms with van der Waals surface area (Å²) in [5.41, 5.74) is 2.28. The van der Waals surface area contributed by atoms with Gasteiger partial charge in [-0.15, -0.1) is 0 Å². The van der Waals surface area contributed by atoms with Crippen molar-refractivity contribution in [3.8, 4) is 5.69 Å². The Morgan fingerprint density at radius 3 is 2.73 bits per heavy atom. The number of aromatic amines is 1. The number of thioether (sulfide) groups is 1. The molecule has 9 heteroatoms. The molecule has 0 radical (unpaired) electrons. The molecule has 0 atom stereocenters. The summed E-state index contributed by atoms with van der Waals surface area (Å²) >= 11 is 7.28. The fourth-order valence-electron chi connectivity index (χ4n) is 3.58. The van der Waals surface area contributed by atoms with Crippen molar-refractivity contribution in [1.29, 1.82) is 0 Å². The molecule has 0 aliphatic rings. The van der Waals surface area contributed by atoms with Gasteiger partial charge < -0.3 is 10.3 Å². The average Bonchev–Trinajstić information content (AvgIpc) is 3.17. The normalized spacial score (nSPS) is 11.2. The first-order valence-corrected chi connectivity index (χ1v) is 11.3. The lowest BCUT2D eigenvalue weighted by molar-refractivity contribution is -0.113. The maximum atomic E-state index is 13.5. The number of rotatable bonds is 5. The second-order valence-electron chi connectivity index (χ2n) is 7.26. The molecular weight excluding hydrogens is 463 g/mol. The molecule has 6 nitrogen and oxygen atoms in total. The van der Waals surface area contributed by atoms with E-state index in [0.29, 0.717) is 32.6 Å². The zero-order valence-electron chi connectivity index (χ0n) is 17.0. The lowest BCUT2D eigenvalue weighted by atomic mass is 10.2. The maximum Gasteiger partial charge on any atom is 0.283 e. The molecule has 5 aromatic rings. The van der Waals surface area contributed by atoms with Gasteiger partial charge in [0.05, 0.1) is 11.4 Å². The van der Waals surface area contributed by atoms with Crippen molar-refractivity contribution in [3.63, 3.8) is 0 Å². The number of H-pyrrole nitrogens is 1. The third kappa shape index (κ3) is 4.22. The number of amides is 1. The van der Waals surface area contributed by atoms with Gasteiger partial charge in [0.1, 0.15) is 16.9 Å². The number of carbonyl (C=O) groups is 1. The Labute approximate surface area is 196 Å². The smallest absolute Gasteiger partial charge is 0.283 e. The molecule has 0 aliphatic carbocycles. The Bertz CT molecular complexity index is 1580. The first-order valence-electron chi connectivity index (χ1n) is 9.97. The third-order valence-electron chi connectivity index (χ3n) is 5.00. The number of nitrogens with zero attached hydrogens (tertiary/aromatic N) is 2. The summed E-state index contributed by atoms with van der Waals surface area (Å²) in [7, 11) is 0. The first kappa shape index (κ1) is 21.2. The number of aromatic nitrogens is 3. The number of para-hydroxylation sites is 1. The minimum Gasteiger partial charge on any atom is -0.349 e. The molecule has 1 amide bonds. The van der Waals surface area contributed by atoms with E-state index in [1.165, 1.54) is 22.8 Å². The number of hydrogen-bond donors (Lipinski definition) is 2. The molecule has 0 unspecified atom stereocenters. The zero-order valence-corrected chi connectivity index (χ0v) is 18.6. The molecule has 0 aliphatic heterocycles. The summed E-state index contributed by atoms with van der Waals surface area (Å²) < 4.78 is 14.8. The Kier molecular flexibility index (Phi) is 5.62. The van der Waals surface area contributed by atoms with E-state index < -0.39 is 5.82 Å². The minimum absolute atomic E-state index is 0.0304. The predicted octanol–water partition coefficient (Wildman–Crippen LogP) is 5.39. The average molecular weight is 479 g/mol. The van der Waals surface area contributed by atoms with Crippen molar-refractivity contribution in [2.24, 2.45) is 0 Å². The second-order valence-corrected chi connectivity index (χ2v) is 8.64. The van der Waals surface area contributed by atoms with Crippen LogP contribution in [0.5, 0.6) is 0 Å². The maximum absolute atomic E-state index is 13.5. The summed E-state index contributed by atoms with van der Waals surface area (Å²) in [4.78, 5) is 33.9. The highest BCUT2D eigenvalue weighted by Crippen LogP contribution is 2.27. The molecule has 3 aromatic carbocycles. The van der Waals surface area contributed by atoms with Gasteiger partial charge in [0.2, 0.25) is 5.91 Å². The standard InChI is InChI=1S/C24H16ClFN4O2S/c25-14-5-3-8-17(11-14)30-23(32)22-21(18-9-1-2-10-19(18)28-22)29-24(30)33-13-20(31)27-16-7-4-6-15(26)12-16/h1-12,28H,13H2,(H,27,31). The number of hydrogen-bond acceptors (Lipinski definition) is 4. The highest BCUT2D eigenvalue weighted by atomic mass is 35.5. The van der Waals surface area contributed by atoms with Gasteiger partial charge in [-0.05, 0) is 42.5 Å². The van der Waals surface area contributed by atoms with E-state index in [2.05, 4.69) is 10.3 Å². The van der Waals surface area contributed by atoms with E-state index >= 15 is 0 Å². The molecule has 0 saturated heterocycles. The van der Waals surface area contributed by atoms with Gasteiger partial charge in [0, 0.05) is 21.6 Å². The van der Waals surface area contributed by atoms with Gasteiger partial charge >= 0.3 is 0 Å². The molecule has 2 aromatic heterocycles. The lowest BCUT2D eigenvalue weighted by Crippen LogP contribution is -2.23. The van der Waals surface area contributed by atoms with Crippen LogP contribution < -0.4 is 10.9 Å². The van der Waals surface area contributed by atoms with Crippen LogP contribution in [-0.2, 0) is 4.79 Å². The fraction of sp³-hybridized carbons (Fsp3) is 0.0417. The molecular formula is C24H16ClFN4O2S. The third-order valence-corrected chi connectivity index (χ3v) is 6.18. The van der Waals surface area contributed by atoms with E-state index in [-0.39, 0.29) is 17.2 Å². The van der Waals surface area contributed by atoms with E-state index in [9.17, 15) is 14.0 Å². The van der Waals surface area contributed by atoms with E-state index in [1.54, 1.807) is 30.3 Å². The number of halogens is 2. The van der Waals surface area contributed by atoms with Gasteiger partial charge in [-0.25, -0.2) is 9.37 Å². The van der Waals surface area contributed by atoms with Crippen LogP contribution in [0.2, 0.25) is 5.02 Å². The van der Waals surface area contributed by atoms with Crippen LogP contribution in [0.4, 0.5) is 10.1 Å². The Morgan fingerprint density at radius 2 is 1.91 bits per heavy atom. The van der Waals surface area contributed by atoms with Crippen LogP contribution in [0.3, 0.4) is 0 Å². The fourth-order valence-corrected chi connectivity index (χ4v) is 4.57. The molecule has 0 fully saturated rings. The molecule has 2 N–H and O–H groups in total. The van der Waals surface area contributed by atoms with Crippen LogP contribution >= 0.6 is 23.4 Å². The topological polar surface area (TPSA) is 79.8 Å². The lowest BCUT2D eigenvalue weighted by Gasteiger charge is -2.12. The van der Waals surface area contributed by atoms with Gasteiger partial charge in [-0.3, -0.25) is 14.2 Å². The second kappa shape index (κ2) is 8.73. The Hall–Kier alpha value is -3.62. The van der Waals surface area contributed by atoms with Gasteiger partial charge in [-0.1, -0.05) is 53.7 Å². The largest absolute Gasteiger partial charge is 0.349 e. The molecule has 2 heterocycles. The van der Waals surface area contributed by atoms with Crippen molar-refractivity contribution in [2.45, 2.75) is 5.16 Å². The summed E-state index contributed by atoms with van der Waals surface area (Å²) in [6.45, 7) is 0. The quantitative estimate of drug-likeness (QED) is 0.262. The van der Waals surface area contributed by atoms with E-state index in [4.69, 9.17) is 16.6 Å². The Morgan fingerprint density at radius 1 is 1.09 bits per heavy atom. The molecule has 0 saturated carbocycles. The van der Waals surface area contributed by atoms with E-state index in [0.717, 1.165) is 22.7 Å². The van der Waals surface area contributed by atoms with Crippen LogP contribution in [0.15, 0.2) is 82.7 Å². The number of benzene rings is 3. The van der Waals surface area contributed by atoms with Crippen molar-refractivity contribution in [2.75, 3.05) is 11.1 Å². The summed E-state index contributed by atoms with van der Waals surface area (Å²) in [5, 5.41) is 4.28. The van der Waals surface area contributed by atoms with Gasteiger partial charge in [0.25, 0.3) is 5.56 Å². The molecule has 33 heavy (non-hydrogen) atoms. The van der Waals surface area contributed by atoms with Crippen LogP contribution in [0, 0.1) is 5.82 Å². The van der Waals surface area contributed by atoms with Crippen LogP contribution in [-0.4, -0.2) is 26.2 Å². The SMILES string of the molecule is O=C(CSc1nc2c([nH]c3ccccc32)c(=O)n1-c1cccc(Cl)c1)Nc1cccc(F)c1. The molecule has 0 bridgehead atoms. The Balaban J connectivity index is 1.57.